The van der Waals surface area contributed by atoms with E-state index < -0.39 is 0 Å². The molecule has 0 aliphatic carbocycles. The molecule has 0 spiro atoms. The molecule has 1 aliphatic rings. The number of hydrogen-bond donors (Lipinski definition) is 1. The monoisotopic (exact) mass is 400 g/mol. The zero-order valence-corrected chi connectivity index (χ0v) is 17.4. The van der Waals surface area contributed by atoms with E-state index in [1.807, 2.05) is 41.3 Å². The Morgan fingerprint density at radius 1 is 0.966 bits per heavy atom. The number of amides is 2. The Labute approximate surface area is 171 Å². The number of carbonyl (C=O) groups excluding carboxylic acids is 1. The zero-order chi connectivity index (χ0) is 20.8. The summed E-state index contributed by atoms with van der Waals surface area (Å²) in [4.78, 5) is 14.8. The lowest BCUT2D eigenvalue weighted by Crippen LogP contribution is -2.39. The van der Waals surface area contributed by atoms with Crippen molar-refractivity contribution in [3.8, 4) is 23.0 Å². The molecule has 2 aromatic carbocycles. The lowest BCUT2D eigenvalue weighted by atomic mass is 10.0. The molecule has 7 heteroatoms. The van der Waals surface area contributed by atoms with Gasteiger partial charge in [-0.2, -0.15) is 0 Å². The molecular weight excluding hydrogens is 372 g/mol. The molecule has 2 amide bonds. The van der Waals surface area contributed by atoms with Crippen molar-refractivity contribution in [2.45, 2.75) is 25.4 Å². The number of methoxy groups -OCH3 is 4. The molecule has 1 unspecified atom stereocenters. The number of ether oxygens (including phenoxy) is 4. The first kappa shape index (κ1) is 20.6. The molecule has 0 saturated carbocycles. The number of rotatable bonds is 7. The predicted molar refractivity (Wildman–Crippen MR) is 110 cm³/mol. The Balaban J connectivity index is 1.72. The van der Waals surface area contributed by atoms with Crippen LogP contribution in [0.4, 0.5) is 4.79 Å². The highest BCUT2D eigenvalue weighted by Gasteiger charge is 2.32. The molecule has 156 valence electrons. The van der Waals surface area contributed by atoms with Crippen molar-refractivity contribution < 1.29 is 23.7 Å². The molecule has 1 heterocycles. The van der Waals surface area contributed by atoms with Crippen molar-refractivity contribution in [3.63, 3.8) is 0 Å². The maximum Gasteiger partial charge on any atom is 0.318 e. The molecular formula is C22H28N2O5. The quantitative estimate of drug-likeness (QED) is 0.766. The fourth-order valence-corrected chi connectivity index (χ4v) is 3.70. The molecule has 3 rings (SSSR count). The van der Waals surface area contributed by atoms with Gasteiger partial charge in [0.1, 0.15) is 11.5 Å². The van der Waals surface area contributed by atoms with Crippen LogP contribution in [0.5, 0.6) is 23.0 Å². The van der Waals surface area contributed by atoms with Crippen LogP contribution in [0.25, 0.3) is 0 Å². The van der Waals surface area contributed by atoms with Gasteiger partial charge in [0, 0.05) is 18.7 Å². The standard InChI is InChI=1S/C22H28N2O5/c1-26-16-8-10-19(27-2)17(13-16)18-6-5-11-24(18)22(25)23-14-15-7-9-20(28-3)21(12-15)29-4/h7-10,12-13,18H,5-6,11,14H2,1-4H3,(H,23,25). The summed E-state index contributed by atoms with van der Waals surface area (Å²) in [5.74, 6) is 2.81. The average Bonchev–Trinajstić information content (AvgIpc) is 3.26. The van der Waals surface area contributed by atoms with Crippen LogP contribution in [0.2, 0.25) is 0 Å². The van der Waals surface area contributed by atoms with Crippen molar-refractivity contribution in [1.82, 2.24) is 10.2 Å². The summed E-state index contributed by atoms with van der Waals surface area (Å²) in [5.41, 5.74) is 1.90. The maximum absolute atomic E-state index is 12.9. The summed E-state index contributed by atoms with van der Waals surface area (Å²) in [7, 11) is 6.46. The summed E-state index contributed by atoms with van der Waals surface area (Å²) in [6, 6.07) is 11.1. The van der Waals surface area contributed by atoms with E-state index in [-0.39, 0.29) is 12.1 Å². The third-order valence-corrected chi connectivity index (χ3v) is 5.20. The lowest BCUT2D eigenvalue weighted by molar-refractivity contribution is 0.191. The van der Waals surface area contributed by atoms with Crippen molar-refractivity contribution in [2.24, 2.45) is 0 Å². The van der Waals surface area contributed by atoms with Crippen molar-refractivity contribution in [1.29, 1.82) is 0 Å². The van der Waals surface area contributed by atoms with E-state index in [0.29, 0.717) is 24.6 Å². The van der Waals surface area contributed by atoms with E-state index in [9.17, 15) is 4.79 Å². The molecule has 1 aliphatic heterocycles. The number of carbonyl (C=O) groups is 1. The van der Waals surface area contributed by atoms with Crippen LogP contribution < -0.4 is 24.3 Å². The topological polar surface area (TPSA) is 69.3 Å². The van der Waals surface area contributed by atoms with E-state index in [2.05, 4.69) is 5.32 Å². The Morgan fingerprint density at radius 3 is 2.38 bits per heavy atom. The molecule has 0 radical (unpaired) electrons. The van der Waals surface area contributed by atoms with Crippen LogP contribution in [-0.4, -0.2) is 45.9 Å². The molecule has 1 N–H and O–H groups in total. The van der Waals surface area contributed by atoms with E-state index in [1.54, 1.807) is 28.4 Å². The third-order valence-electron chi connectivity index (χ3n) is 5.20. The van der Waals surface area contributed by atoms with Gasteiger partial charge in [-0.05, 0) is 48.7 Å². The number of nitrogens with one attached hydrogen (secondary N) is 1. The fraction of sp³-hybridized carbons (Fsp3) is 0.409. The molecule has 7 nitrogen and oxygen atoms in total. The molecule has 0 bridgehead atoms. The number of urea groups is 1. The van der Waals surface area contributed by atoms with Gasteiger partial charge in [0.25, 0.3) is 0 Å². The summed E-state index contributed by atoms with van der Waals surface area (Å²) < 4.78 is 21.5. The van der Waals surface area contributed by atoms with E-state index >= 15 is 0 Å². The van der Waals surface area contributed by atoms with Gasteiger partial charge in [-0.1, -0.05) is 6.07 Å². The largest absolute Gasteiger partial charge is 0.497 e. The molecule has 2 aromatic rings. The van der Waals surface area contributed by atoms with Crippen LogP contribution in [0.1, 0.15) is 30.0 Å². The van der Waals surface area contributed by atoms with Crippen LogP contribution in [0.3, 0.4) is 0 Å². The Bertz CT molecular complexity index is 855. The fourth-order valence-electron chi connectivity index (χ4n) is 3.70. The van der Waals surface area contributed by atoms with Crippen molar-refractivity contribution in [2.75, 3.05) is 35.0 Å². The first-order valence-corrected chi connectivity index (χ1v) is 9.58. The molecule has 1 fully saturated rings. The minimum Gasteiger partial charge on any atom is -0.497 e. The minimum absolute atomic E-state index is 0.0505. The third kappa shape index (κ3) is 4.50. The minimum atomic E-state index is -0.104. The van der Waals surface area contributed by atoms with Crippen LogP contribution >= 0.6 is 0 Å². The van der Waals surface area contributed by atoms with E-state index in [4.69, 9.17) is 18.9 Å². The van der Waals surface area contributed by atoms with Gasteiger partial charge in [-0.3, -0.25) is 0 Å². The number of likely N-dealkylation sites (tertiary alicyclic amines) is 1. The highest BCUT2D eigenvalue weighted by Crippen LogP contribution is 2.39. The van der Waals surface area contributed by atoms with Gasteiger partial charge < -0.3 is 29.2 Å². The van der Waals surface area contributed by atoms with Crippen LogP contribution in [0.15, 0.2) is 36.4 Å². The van der Waals surface area contributed by atoms with Gasteiger partial charge in [-0.15, -0.1) is 0 Å². The average molecular weight is 400 g/mol. The zero-order valence-electron chi connectivity index (χ0n) is 17.4. The molecule has 1 saturated heterocycles. The Hall–Kier alpha value is -3.09. The maximum atomic E-state index is 12.9. The highest BCUT2D eigenvalue weighted by atomic mass is 16.5. The van der Waals surface area contributed by atoms with E-state index in [1.165, 1.54) is 0 Å². The Kier molecular flexibility index (Phi) is 6.69. The Morgan fingerprint density at radius 2 is 1.69 bits per heavy atom. The number of benzene rings is 2. The second-order valence-electron chi connectivity index (χ2n) is 6.81. The van der Waals surface area contributed by atoms with Crippen molar-refractivity contribution >= 4 is 6.03 Å². The number of hydrogen-bond acceptors (Lipinski definition) is 5. The van der Waals surface area contributed by atoms with Crippen molar-refractivity contribution in [3.05, 3.63) is 47.5 Å². The lowest BCUT2D eigenvalue weighted by Gasteiger charge is -2.27. The predicted octanol–water partition coefficient (Wildman–Crippen LogP) is 3.77. The van der Waals surface area contributed by atoms with Gasteiger partial charge in [-0.25, -0.2) is 4.79 Å². The summed E-state index contributed by atoms with van der Waals surface area (Å²) in [6.45, 7) is 1.10. The first-order valence-electron chi connectivity index (χ1n) is 9.58. The summed E-state index contributed by atoms with van der Waals surface area (Å²) in [5, 5.41) is 3.01. The molecule has 29 heavy (non-hydrogen) atoms. The molecule has 0 aromatic heterocycles. The smallest absolute Gasteiger partial charge is 0.318 e. The van der Waals surface area contributed by atoms with Crippen LogP contribution in [-0.2, 0) is 6.54 Å². The molecule has 1 atom stereocenters. The normalized spacial score (nSPS) is 15.7. The van der Waals surface area contributed by atoms with Gasteiger partial charge in [0.2, 0.25) is 0 Å². The van der Waals surface area contributed by atoms with Gasteiger partial charge >= 0.3 is 6.03 Å². The highest BCUT2D eigenvalue weighted by molar-refractivity contribution is 5.75. The second-order valence-corrected chi connectivity index (χ2v) is 6.81. The summed E-state index contributed by atoms with van der Waals surface area (Å²) >= 11 is 0. The summed E-state index contributed by atoms with van der Waals surface area (Å²) in [6.07, 6.45) is 1.82. The SMILES string of the molecule is COc1ccc(OC)c(C2CCCN2C(=O)NCc2ccc(OC)c(OC)c2)c1. The first-order chi connectivity index (χ1) is 14.1. The van der Waals surface area contributed by atoms with E-state index in [0.717, 1.165) is 35.5 Å². The van der Waals surface area contributed by atoms with Gasteiger partial charge in [0.15, 0.2) is 11.5 Å². The van der Waals surface area contributed by atoms with Gasteiger partial charge in [0.05, 0.1) is 34.5 Å². The number of nitrogens with zero attached hydrogens (tertiary/aromatic N) is 1. The van der Waals surface area contributed by atoms with Crippen LogP contribution in [0, 0.1) is 0 Å². The second kappa shape index (κ2) is 9.41.